The van der Waals surface area contributed by atoms with E-state index in [-0.39, 0.29) is 5.91 Å². The van der Waals surface area contributed by atoms with E-state index in [0.717, 1.165) is 16.8 Å². The highest BCUT2D eigenvalue weighted by molar-refractivity contribution is 6.31. The summed E-state index contributed by atoms with van der Waals surface area (Å²) < 4.78 is 10.8. The van der Waals surface area contributed by atoms with Crippen molar-refractivity contribution < 1.29 is 14.3 Å². The van der Waals surface area contributed by atoms with Crippen molar-refractivity contribution in [3.63, 3.8) is 0 Å². The van der Waals surface area contributed by atoms with E-state index in [0.29, 0.717) is 37.1 Å². The third kappa shape index (κ3) is 4.11. The smallest absolute Gasteiger partial charge is 0.249 e. The molecule has 26 heavy (non-hydrogen) atoms. The van der Waals surface area contributed by atoms with Crippen molar-refractivity contribution in [3.8, 4) is 5.75 Å². The Kier molecular flexibility index (Phi) is 6.01. The lowest BCUT2D eigenvalue weighted by Crippen LogP contribution is -2.44. The minimum Gasteiger partial charge on any atom is -0.495 e. The van der Waals surface area contributed by atoms with Gasteiger partial charge in [-0.2, -0.15) is 0 Å². The first kappa shape index (κ1) is 18.5. The highest BCUT2D eigenvalue weighted by Gasteiger charge is 2.28. The molecular weight excluding hydrogens is 352 g/mol. The largest absolute Gasteiger partial charge is 0.495 e. The Morgan fingerprint density at radius 2 is 1.92 bits per heavy atom. The number of nitrogens with zero attached hydrogens (tertiary/aromatic N) is 1. The second-order valence-corrected chi connectivity index (χ2v) is 6.63. The van der Waals surface area contributed by atoms with Crippen LogP contribution in [-0.4, -0.2) is 44.2 Å². The topological polar surface area (TPSA) is 50.8 Å². The minimum absolute atomic E-state index is 0.0224. The summed E-state index contributed by atoms with van der Waals surface area (Å²) >= 11 is 6.21. The van der Waals surface area contributed by atoms with Gasteiger partial charge >= 0.3 is 0 Å². The fraction of sp³-hybridized carbons (Fsp3) is 0.350. The van der Waals surface area contributed by atoms with E-state index >= 15 is 0 Å². The van der Waals surface area contributed by atoms with Crippen molar-refractivity contribution in [2.24, 2.45) is 0 Å². The summed E-state index contributed by atoms with van der Waals surface area (Å²) in [6.07, 6.45) is 0. The van der Waals surface area contributed by atoms with E-state index in [1.165, 1.54) is 0 Å². The molecule has 0 saturated carbocycles. The first-order valence-corrected chi connectivity index (χ1v) is 9.00. The van der Waals surface area contributed by atoms with Crippen LogP contribution < -0.4 is 10.1 Å². The normalized spacial score (nSPS) is 15.4. The van der Waals surface area contributed by atoms with Gasteiger partial charge in [0, 0.05) is 24.2 Å². The van der Waals surface area contributed by atoms with Crippen molar-refractivity contribution in [2.75, 3.05) is 38.7 Å². The Bertz CT molecular complexity index is 761. The molecule has 2 aromatic rings. The van der Waals surface area contributed by atoms with E-state index in [9.17, 15) is 4.79 Å². The zero-order valence-corrected chi connectivity index (χ0v) is 15.8. The highest BCUT2D eigenvalue weighted by atomic mass is 35.5. The molecule has 6 heteroatoms. The van der Waals surface area contributed by atoms with Crippen molar-refractivity contribution >= 4 is 23.2 Å². The number of methoxy groups -OCH3 is 1. The highest BCUT2D eigenvalue weighted by Crippen LogP contribution is 2.34. The van der Waals surface area contributed by atoms with Gasteiger partial charge in [-0.15, -0.1) is 0 Å². The van der Waals surface area contributed by atoms with Crippen LogP contribution in [0.1, 0.15) is 17.2 Å². The number of rotatable bonds is 5. The summed E-state index contributed by atoms with van der Waals surface area (Å²) in [5.41, 5.74) is 2.56. The van der Waals surface area contributed by atoms with Gasteiger partial charge in [-0.25, -0.2) is 0 Å². The molecule has 3 rings (SSSR count). The monoisotopic (exact) mass is 374 g/mol. The van der Waals surface area contributed by atoms with E-state index in [2.05, 4.69) is 5.32 Å². The predicted octanol–water partition coefficient (Wildman–Crippen LogP) is 3.67. The van der Waals surface area contributed by atoms with Crippen LogP contribution >= 0.6 is 11.6 Å². The van der Waals surface area contributed by atoms with Gasteiger partial charge in [-0.1, -0.05) is 41.9 Å². The Morgan fingerprint density at radius 3 is 2.58 bits per heavy atom. The fourth-order valence-corrected chi connectivity index (χ4v) is 3.15. The molecule has 0 spiro atoms. The molecule has 0 bridgehead atoms. The lowest BCUT2D eigenvalue weighted by Gasteiger charge is -2.31. The number of hydrogen-bond acceptors (Lipinski definition) is 4. The number of aryl methyl sites for hydroxylation is 1. The molecule has 0 aliphatic carbocycles. The van der Waals surface area contributed by atoms with Crippen molar-refractivity contribution in [1.82, 2.24) is 4.90 Å². The number of carbonyl (C=O) groups is 1. The average Bonchev–Trinajstić information content (AvgIpc) is 2.69. The van der Waals surface area contributed by atoms with E-state index in [1.807, 2.05) is 48.2 Å². The van der Waals surface area contributed by atoms with Crippen LogP contribution in [0.2, 0.25) is 5.02 Å². The molecule has 0 radical (unpaired) electrons. The molecule has 1 aliphatic rings. The van der Waals surface area contributed by atoms with Crippen LogP contribution in [0.5, 0.6) is 5.75 Å². The number of ether oxygens (including phenoxy) is 2. The van der Waals surface area contributed by atoms with E-state index < -0.39 is 6.04 Å². The number of benzene rings is 2. The summed E-state index contributed by atoms with van der Waals surface area (Å²) in [6.45, 7) is 4.25. The predicted molar refractivity (Wildman–Crippen MR) is 103 cm³/mol. The van der Waals surface area contributed by atoms with Crippen LogP contribution in [0.25, 0.3) is 0 Å². The maximum Gasteiger partial charge on any atom is 0.249 e. The number of carbonyl (C=O) groups excluding carboxylic acids is 1. The SMILES string of the molecule is COc1cc(Cl)c(C)cc1N[C@@H](C(=O)N1CCOCC1)c1ccccc1. The number of amides is 1. The third-order valence-electron chi connectivity index (χ3n) is 4.48. The van der Waals surface area contributed by atoms with Gasteiger partial charge in [-0.3, -0.25) is 4.79 Å². The second kappa shape index (κ2) is 8.43. The quantitative estimate of drug-likeness (QED) is 0.867. The molecule has 138 valence electrons. The Hall–Kier alpha value is -2.24. The molecule has 0 aromatic heterocycles. The van der Waals surface area contributed by atoms with E-state index in [1.54, 1.807) is 13.2 Å². The summed E-state index contributed by atoms with van der Waals surface area (Å²) in [5, 5.41) is 3.99. The lowest BCUT2D eigenvalue weighted by atomic mass is 10.0. The summed E-state index contributed by atoms with van der Waals surface area (Å²) in [4.78, 5) is 15.0. The molecule has 5 nitrogen and oxygen atoms in total. The Morgan fingerprint density at radius 1 is 1.23 bits per heavy atom. The van der Waals surface area contributed by atoms with Crippen LogP contribution in [-0.2, 0) is 9.53 Å². The maximum atomic E-state index is 13.2. The Balaban J connectivity index is 1.94. The van der Waals surface area contributed by atoms with Crippen LogP contribution in [0.3, 0.4) is 0 Å². The van der Waals surface area contributed by atoms with Crippen LogP contribution in [0.15, 0.2) is 42.5 Å². The molecule has 2 aromatic carbocycles. The molecule has 1 fully saturated rings. The van der Waals surface area contributed by atoms with Crippen molar-refractivity contribution in [3.05, 3.63) is 58.6 Å². The van der Waals surface area contributed by atoms with Gasteiger partial charge in [0.05, 0.1) is 26.0 Å². The second-order valence-electron chi connectivity index (χ2n) is 6.23. The van der Waals surface area contributed by atoms with Gasteiger partial charge in [0.25, 0.3) is 0 Å². The minimum atomic E-state index is -0.510. The van der Waals surface area contributed by atoms with Gasteiger partial charge in [0.2, 0.25) is 5.91 Å². The Labute approximate surface area is 158 Å². The fourth-order valence-electron chi connectivity index (χ4n) is 3.00. The summed E-state index contributed by atoms with van der Waals surface area (Å²) in [5.74, 6) is 0.630. The summed E-state index contributed by atoms with van der Waals surface area (Å²) in [6, 6.07) is 12.9. The van der Waals surface area contributed by atoms with Crippen molar-refractivity contribution in [2.45, 2.75) is 13.0 Å². The molecule has 0 unspecified atom stereocenters. The molecule has 1 atom stereocenters. The molecular formula is C20H23ClN2O3. The van der Waals surface area contributed by atoms with Gasteiger partial charge in [0.15, 0.2) is 0 Å². The van der Waals surface area contributed by atoms with Crippen LogP contribution in [0, 0.1) is 6.92 Å². The first-order valence-electron chi connectivity index (χ1n) is 8.62. The number of morpholine rings is 1. The molecule has 1 saturated heterocycles. The number of hydrogen-bond donors (Lipinski definition) is 1. The maximum absolute atomic E-state index is 13.2. The zero-order chi connectivity index (χ0) is 18.5. The van der Waals surface area contributed by atoms with Crippen LogP contribution in [0.4, 0.5) is 5.69 Å². The van der Waals surface area contributed by atoms with Gasteiger partial charge in [-0.05, 0) is 24.1 Å². The first-order chi connectivity index (χ1) is 12.6. The molecule has 1 aliphatic heterocycles. The zero-order valence-electron chi connectivity index (χ0n) is 15.0. The van der Waals surface area contributed by atoms with Gasteiger partial charge < -0.3 is 19.7 Å². The molecule has 1 heterocycles. The number of nitrogens with one attached hydrogen (secondary N) is 1. The van der Waals surface area contributed by atoms with E-state index in [4.69, 9.17) is 21.1 Å². The number of halogens is 1. The lowest BCUT2D eigenvalue weighted by molar-refractivity contribution is -0.136. The molecule has 1 N–H and O–H groups in total. The standard InChI is InChI=1S/C20H23ClN2O3/c1-14-12-17(18(25-2)13-16(14)21)22-19(15-6-4-3-5-7-15)20(24)23-8-10-26-11-9-23/h3-7,12-13,19,22H,8-11H2,1-2H3/t19-/m1/s1. The molecule has 1 amide bonds. The average molecular weight is 375 g/mol. The van der Waals surface area contributed by atoms with Gasteiger partial charge in [0.1, 0.15) is 11.8 Å². The third-order valence-corrected chi connectivity index (χ3v) is 4.89. The summed E-state index contributed by atoms with van der Waals surface area (Å²) in [7, 11) is 1.59. The van der Waals surface area contributed by atoms with Crippen molar-refractivity contribution in [1.29, 1.82) is 0 Å². The number of anilines is 1.